The Kier molecular flexibility index (Phi) is 6.01. The zero-order valence-electron chi connectivity index (χ0n) is 14.1. The fourth-order valence-electron chi connectivity index (χ4n) is 2.62. The fourth-order valence-corrected chi connectivity index (χ4v) is 2.80. The number of aromatic nitrogens is 1. The average Bonchev–Trinajstić information content (AvgIpc) is 2.59. The molecule has 0 aliphatic rings. The summed E-state index contributed by atoms with van der Waals surface area (Å²) in [6.07, 6.45) is -0.564. The van der Waals surface area contributed by atoms with E-state index in [1.807, 2.05) is 6.07 Å². The first-order valence-electron chi connectivity index (χ1n) is 7.65. The number of carboxylic acid groups (broad SMARTS) is 1. The maximum Gasteiger partial charge on any atom is 0.326 e. The first kappa shape index (κ1) is 19.5. The minimum atomic E-state index is -1.41. The van der Waals surface area contributed by atoms with Crippen molar-refractivity contribution >= 4 is 17.6 Å². The summed E-state index contributed by atoms with van der Waals surface area (Å²) in [5.74, 6) is -1.16. The smallest absolute Gasteiger partial charge is 0.326 e. The first-order chi connectivity index (χ1) is 12.3. The van der Waals surface area contributed by atoms with E-state index < -0.39 is 23.7 Å². The molecular formula is C18H16ClFN2O4. The van der Waals surface area contributed by atoms with E-state index in [4.69, 9.17) is 16.3 Å². The average molecular weight is 379 g/mol. The molecule has 2 unspecified atom stereocenters. The molecule has 0 spiro atoms. The third-order valence-corrected chi connectivity index (χ3v) is 4.06. The van der Waals surface area contributed by atoms with E-state index >= 15 is 0 Å². The number of nitrogens with zero attached hydrogens (tertiary/aromatic N) is 2. The van der Waals surface area contributed by atoms with Crippen LogP contribution in [0.5, 0.6) is 5.75 Å². The van der Waals surface area contributed by atoms with Crippen LogP contribution in [0.2, 0.25) is 5.02 Å². The van der Waals surface area contributed by atoms with Crippen LogP contribution in [0, 0.1) is 11.3 Å². The van der Waals surface area contributed by atoms with Crippen molar-refractivity contribution in [2.75, 3.05) is 7.11 Å². The topological polar surface area (TPSA) is 92.3 Å². The van der Waals surface area contributed by atoms with Crippen LogP contribution >= 0.6 is 11.6 Å². The number of rotatable bonds is 6. The summed E-state index contributed by atoms with van der Waals surface area (Å²) in [6, 6.07) is 6.35. The van der Waals surface area contributed by atoms with Crippen LogP contribution in [0.1, 0.15) is 24.9 Å². The Morgan fingerprint density at radius 1 is 1.42 bits per heavy atom. The van der Waals surface area contributed by atoms with E-state index in [9.17, 15) is 24.3 Å². The van der Waals surface area contributed by atoms with Gasteiger partial charge in [0.25, 0.3) is 5.56 Å². The molecule has 1 aromatic carbocycles. The molecular weight excluding hydrogens is 363 g/mol. The summed E-state index contributed by atoms with van der Waals surface area (Å²) in [5, 5.41) is 19.0. The van der Waals surface area contributed by atoms with Gasteiger partial charge in [0.1, 0.15) is 11.8 Å². The third-order valence-electron chi connectivity index (χ3n) is 3.83. The van der Waals surface area contributed by atoms with Gasteiger partial charge in [0.15, 0.2) is 0 Å². The molecule has 0 radical (unpaired) electrons. The molecule has 136 valence electrons. The highest BCUT2D eigenvalue weighted by molar-refractivity contribution is 6.31. The van der Waals surface area contributed by atoms with Crippen LogP contribution < -0.4 is 10.3 Å². The second-order valence-corrected chi connectivity index (χ2v) is 6.11. The third kappa shape index (κ3) is 4.03. The number of halogens is 2. The van der Waals surface area contributed by atoms with Gasteiger partial charge in [0.05, 0.1) is 31.1 Å². The summed E-state index contributed by atoms with van der Waals surface area (Å²) in [6.45, 7) is 1.22. The predicted molar refractivity (Wildman–Crippen MR) is 94.3 cm³/mol. The molecule has 0 fully saturated rings. The quantitative estimate of drug-likeness (QED) is 0.831. The van der Waals surface area contributed by atoms with Gasteiger partial charge in [-0.3, -0.25) is 9.36 Å². The van der Waals surface area contributed by atoms with Gasteiger partial charge >= 0.3 is 5.97 Å². The van der Waals surface area contributed by atoms with E-state index in [2.05, 4.69) is 0 Å². The number of hydrogen-bond acceptors (Lipinski definition) is 4. The fraction of sp³-hybridized carbons (Fsp3) is 0.278. The number of hydrogen-bond donors (Lipinski definition) is 1. The lowest BCUT2D eigenvalue weighted by Crippen LogP contribution is -2.31. The molecule has 0 saturated carbocycles. The van der Waals surface area contributed by atoms with Crippen molar-refractivity contribution in [3.05, 3.63) is 51.4 Å². The Morgan fingerprint density at radius 2 is 2.12 bits per heavy atom. The molecule has 0 aliphatic carbocycles. The van der Waals surface area contributed by atoms with Gasteiger partial charge in [-0.15, -0.1) is 0 Å². The molecule has 6 nitrogen and oxygen atoms in total. The maximum absolute atomic E-state index is 13.3. The van der Waals surface area contributed by atoms with Crippen LogP contribution in [0.3, 0.4) is 0 Å². The molecule has 1 N–H and O–H groups in total. The number of nitriles is 1. The highest BCUT2D eigenvalue weighted by atomic mass is 35.5. The second kappa shape index (κ2) is 8.02. The van der Waals surface area contributed by atoms with Crippen LogP contribution in [0.15, 0.2) is 35.3 Å². The summed E-state index contributed by atoms with van der Waals surface area (Å²) in [4.78, 5) is 24.0. The molecule has 0 bridgehead atoms. The minimum Gasteiger partial charge on any atom is -0.495 e. The van der Waals surface area contributed by atoms with Crippen molar-refractivity contribution < 1.29 is 19.0 Å². The van der Waals surface area contributed by atoms with Crippen LogP contribution in [0.25, 0.3) is 11.1 Å². The predicted octanol–water partition coefficient (Wildman–Crippen LogP) is 3.42. The van der Waals surface area contributed by atoms with Gasteiger partial charge in [-0.1, -0.05) is 11.6 Å². The summed E-state index contributed by atoms with van der Waals surface area (Å²) >= 11 is 5.99. The van der Waals surface area contributed by atoms with Gasteiger partial charge in [-0.25, -0.2) is 9.18 Å². The molecule has 2 aromatic rings. The normalized spacial score (nSPS) is 12.9. The zero-order chi connectivity index (χ0) is 19.4. The summed E-state index contributed by atoms with van der Waals surface area (Å²) in [7, 11) is 1.35. The van der Waals surface area contributed by atoms with Crippen molar-refractivity contribution in [3.63, 3.8) is 0 Å². The Balaban J connectivity index is 2.69. The first-order valence-corrected chi connectivity index (χ1v) is 8.03. The van der Waals surface area contributed by atoms with Gasteiger partial charge < -0.3 is 9.84 Å². The Morgan fingerprint density at radius 3 is 2.65 bits per heavy atom. The number of aliphatic carboxylic acids is 1. The lowest BCUT2D eigenvalue weighted by Gasteiger charge is -2.19. The number of alkyl halides is 1. The van der Waals surface area contributed by atoms with E-state index in [0.717, 1.165) is 10.6 Å². The number of carbonyl (C=O) groups is 1. The highest BCUT2D eigenvalue weighted by Crippen LogP contribution is 2.33. The molecule has 0 saturated heterocycles. The number of carboxylic acids is 1. The largest absolute Gasteiger partial charge is 0.495 e. The molecule has 26 heavy (non-hydrogen) atoms. The second-order valence-electron chi connectivity index (χ2n) is 5.67. The molecule has 1 heterocycles. The lowest BCUT2D eigenvalue weighted by molar-refractivity contribution is -0.141. The monoisotopic (exact) mass is 378 g/mol. The summed E-state index contributed by atoms with van der Waals surface area (Å²) < 4.78 is 19.5. The van der Waals surface area contributed by atoms with Crippen LogP contribution in [0.4, 0.5) is 4.39 Å². The van der Waals surface area contributed by atoms with Crippen molar-refractivity contribution in [2.45, 2.75) is 25.6 Å². The molecule has 0 aliphatic heterocycles. The van der Waals surface area contributed by atoms with Crippen molar-refractivity contribution in [1.29, 1.82) is 5.26 Å². The molecule has 1 aromatic heterocycles. The minimum absolute atomic E-state index is 0.168. The Labute approximate surface area is 154 Å². The Bertz CT molecular complexity index is 934. The number of methoxy groups -OCH3 is 1. The van der Waals surface area contributed by atoms with Crippen LogP contribution in [-0.4, -0.2) is 28.9 Å². The molecule has 2 rings (SSSR count). The van der Waals surface area contributed by atoms with Gasteiger partial charge in [0.2, 0.25) is 0 Å². The van der Waals surface area contributed by atoms with Crippen molar-refractivity contribution in [3.8, 4) is 22.9 Å². The SMILES string of the molecule is COc1cn(C(CC(C)F)C(=O)O)c(=O)cc1-c1cc(Cl)ccc1C#N. The number of benzene rings is 1. The summed E-state index contributed by atoms with van der Waals surface area (Å²) in [5.41, 5.74) is 0.298. The van der Waals surface area contributed by atoms with E-state index in [0.29, 0.717) is 16.1 Å². The van der Waals surface area contributed by atoms with Crippen molar-refractivity contribution in [1.82, 2.24) is 4.57 Å². The van der Waals surface area contributed by atoms with Crippen molar-refractivity contribution in [2.24, 2.45) is 0 Å². The lowest BCUT2D eigenvalue weighted by atomic mass is 10.00. The molecule has 2 atom stereocenters. The van der Waals surface area contributed by atoms with Gasteiger partial charge in [-0.05, 0) is 25.1 Å². The van der Waals surface area contributed by atoms with Gasteiger partial charge in [0, 0.05) is 28.6 Å². The number of ether oxygens (including phenoxy) is 1. The van der Waals surface area contributed by atoms with Crippen LogP contribution in [-0.2, 0) is 4.79 Å². The van der Waals surface area contributed by atoms with E-state index in [-0.39, 0.29) is 17.7 Å². The highest BCUT2D eigenvalue weighted by Gasteiger charge is 2.25. The molecule has 0 amide bonds. The standard InChI is InChI=1S/C18H16ClFN2O4/c1-10(20)5-15(18(24)25)22-9-16(26-2)14(7-17(22)23)13-6-12(19)4-3-11(13)8-21/h3-4,6-7,9-10,15H,5H2,1-2H3,(H,24,25). The van der Waals surface area contributed by atoms with Gasteiger partial charge in [-0.2, -0.15) is 5.26 Å². The Hall–Kier alpha value is -2.85. The molecule has 8 heteroatoms. The number of pyridine rings is 1. The maximum atomic E-state index is 13.3. The van der Waals surface area contributed by atoms with E-state index in [1.165, 1.54) is 32.4 Å². The zero-order valence-corrected chi connectivity index (χ0v) is 14.8. The van der Waals surface area contributed by atoms with E-state index in [1.54, 1.807) is 6.07 Å².